The number of rotatable bonds is 4. The Kier molecular flexibility index (Phi) is 6.44. The van der Waals surface area contributed by atoms with Crippen LogP contribution in [0.3, 0.4) is 0 Å². The van der Waals surface area contributed by atoms with Crippen LogP contribution in [-0.2, 0) is 10.8 Å². The van der Waals surface area contributed by atoms with Crippen molar-refractivity contribution < 1.29 is 4.42 Å². The minimum absolute atomic E-state index is 0.147. The van der Waals surface area contributed by atoms with Crippen LogP contribution in [0.1, 0.15) is 48.6 Å². The Morgan fingerprint density at radius 2 is 0.982 bits per heavy atom. The van der Waals surface area contributed by atoms with Crippen LogP contribution in [0.15, 0.2) is 174 Å². The summed E-state index contributed by atoms with van der Waals surface area (Å²) in [5, 5.41) is 4.84. The molecule has 2 nitrogen and oxygen atoms in total. The standard InChI is InChI=1S/C53H37NOS/c1-52(2)42-19-9-4-14-34(42)37-26-24-32(28-45(37)52)54(33-25-27-40-39-18-8-13-23-50(39)56-51(40)29-33)47-30-41-38-17-7-12-22-48(38)55-49(41)31-46(47)53(3)43-20-10-5-15-35(43)36-16-6-11-21-44(36)53/h4-31H,1-3H3. The minimum atomic E-state index is -0.470. The first kappa shape index (κ1) is 31.9. The predicted molar refractivity (Wildman–Crippen MR) is 236 cm³/mol. The van der Waals surface area contributed by atoms with Crippen molar-refractivity contribution in [2.75, 3.05) is 4.90 Å². The summed E-state index contributed by atoms with van der Waals surface area (Å²) < 4.78 is 9.30. The van der Waals surface area contributed by atoms with Gasteiger partial charge in [0, 0.05) is 53.1 Å². The van der Waals surface area contributed by atoms with Gasteiger partial charge in [-0.2, -0.15) is 0 Å². The van der Waals surface area contributed by atoms with Crippen molar-refractivity contribution in [2.24, 2.45) is 0 Å². The van der Waals surface area contributed by atoms with Crippen LogP contribution in [0.25, 0.3) is 64.4 Å². The van der Waals surface area contributed by atoms with Crippen LogP contribution >= 0.6 is 11.3 Å². The molecule has 0 bridgehead atoms. The molecule has 2 aliphatic rings. The summed E-state index contributed by atoms with van der Waals surface area (Å²) in [6, 6.07) is 63.1. The zero-order valence-corrected chi connectivity index (χ0v) is 32.2. The molecule has 0 spiro atoms. The smallest absolute Gasteiger partial charge is 0.135 e. The molecule has 0 N–H and O–H groups in total. The third-order valence-corrected chi connectivity index (χ3v) is 14.1. The summed E-state index contributed by atoms with van der Waals surface area (Å²) in [4.78, 5) is 2.54. The Hall–Kier alpha value is -6.42. The fraction of sp³-hybridized carbons (Fsp3) is 0.0943. The lowest BCUT2D eigenvalue weighted by Gasteiger charge is -2.35. The Balaban J connectivity index is 1.20. The van der Waals surface area contributed by atoms with Gasteiger partial charge in [0.25, 0.3) is 0 Å². The SMILES string of the molecule is CC1(C)c2ccccc2-c2ccc(N(c3ccc4c(c3)sc3ccccc34)c3cc4c(cc3C3(C)c5ccccc5-c5ccccc53)oc3ccccc34)cc21. The van der Waals surface area contributed by atoms with Gasteiger partial charge in [0.2, 0.25) is 0 Å². The predicted octanol–water partition coefficient (Wildman–Crippen LogP) is 15.1. The van der Waals surface area contributed by atoms with E-state index in [1.54, 1.807) is 0 Å². The molecular formula is C53H37NOS. The topological polar surface area (TPSA) is 16.4 Å². The summed E-state index contributed by atoms with van der Waals surface area (Å²) in [6.07, 6.45) is 0. The van der Waals surface area contributed by atoms with Crippen molar-refractivity contribution in [2.45, 2.75) is 31.6 Å². The quantitative estimate of drug-likeness (QED) is 0.179. The molecule has 0 radical (unpaired) electrons. The first-order valence-electron chi connectivity index (χ1n) is 19.5. The molecule has 266 valence electrons. The molecule has 56 heavy (non-hydrogen) atoms. The van der Waals surface area contributed by atoms with E-state index in [9.17, 15) is 0 Å². The summed E-state index contributed by atoms with van der Waals surface area (Å²) in [7, 11) is 0. The maximum Gasteiger partial charge on any atom is 0.135 e. The normalized spacial score (nSPS) is 14.6. The van der Waals surface area contributed by atoms with Crippen LogP contribution in [0.2, 0.25) is 0 Å². The van der Waals surface area contributed by atoms with Gasteiger partial charge in [0.1, 0.15) is 11.2 Å². The van der Waals surface area contributed by atoms with Gasteiger partial charge >= 0.3 is 0 Å². The van der Waals surface area contributed by atoms with E-state index in [1.165, 1.54) is 70.2 Å². The summed E-state index contributed by atoms with van der Waals surface area (Å²) in [6.45, 7) is 7.16. The van der Waals surface area contributed by atoms with Gasteiger partial charge < -0.3 is 9.32 Å². The number of anilines is 3. The van der Waals surface area contributed by atoms with Crippen LogP contribution < -0.4 is 4.90 Å². The number of benzene rings is 8. The lowest BCUT2D eigenvalue weighted by atomic mass is 9.73. The van der Waals surface area contributed by atoms with Gasteiger partial charge in [0.15, 0.2) is 0 Å². The monoisotopic (exact) mass is 735 g/mol. The number of fused-ring (bicyclic) bond motifs is 12. The molecule has 3 heteroatoms. The van der Waals surface area contributed by atoms with E-state index in [2.05, 4.69) is 196 Å². The molecule has 2 aromatic heterocycles. The molecule has 0 fully saturated rings. The lowest BCUT2D eigenvalue weighted by Crippen LogP contribution is -2.26. The number of thiophene rings is 1. The molecule has 8 aromatic carbocycles. The number of hydrogen-bond acceptors (Lipinski definition) is 3. The molecule has 0 saturated carbocycles. The third kappa shape index (κ3) is 4.21. The maximum atomic E-state index is 6.72. The van der Waals surface area contributed by atoms with Crippen LogP contribution in [0.5, 0.6) is 0 Å². The van der Waals surface area contributed by atoms with Crippen molar-refractivity contribution >= 4 is 70.5 Å². The van der Waals surface area contributed by atoms with Gasteiger partial charge in [-0.15, -0.1) is 11.3 Å². The highest BCUT2D eigenvalue weighted by Gasteiger charge is 2.44. The third-order valence-electron chi connectivity index (χ3n) is 12.9. The van der Waals surface area contributed by atoms with Crippen LogP contribution in [0.4, 0.5) is 17.1 Å². The summed E-state index contributed by atoms with van der Waals surface area (Å²) in [5.41, 5.74) is 16.4. The van der Waals surface area contributed by atoms with E-state index in [0.29, 0.717) is 0 Å². The number of hydrogen-bond donors (Lipinski definition) is 0. The summed E-state index contributed by atoms with van der Waals surface area (Å²) in [5.74, 6) is 0. The molecule has 10 aromatic rings. The Morgan fingerprint density at radius 1 is 0.411 bits per heavy atom. The fourth-order valence-electron chi connectivity index (χ4n) is 10.2. The highest BCUT2D eigenvalue weighted by molar-refractivity contribution is 7.25. The number of para-hydroxylation sites is 1. The molecule has 0 unspecified atom stereocenters. The first-order valence-corrected chi connectivity index (χ1v) is 20.3. The first-order chi connectivity index (χ1) is 27.4. The molecule has 0 amide bonds. The minimum Gasteiger partial charge on any atom is -0.456 e. The Labute approximate surface area is 329 Å². The Bertz CT molecular complexity index is 3220. The highest BCUT2D eigenvalue weighted by Crippen LogP contribution is 2.57. The number of nitrogens with zero attached hydrogens (tertiary/aromatic N) is 1. The van der Waals surface area contributed by atoms with Gasteiger partial charge in [-0.25, -0.2) is 0 Å². The van der Waals surface area contributed by atoms with Gasteiger partial charge in [-0.05, 0) is 106 Å². The largest absolute Gasteiger partial charge is 0.456 e. The molecule has 0 atom stereocenters. The van der Waals surface area contributed by atoms with Crippen molar-refractivity contribution in [3.8, 4) is 22.3 Å². The van der Waals surface area contributed by atoms with Gasteiger partial charge in [-0.1, -0.05) is 135 Å². The molecule has 2 aliphatic carbocycles. The molecule has 2 heterocycles. The highest BCUT2D eigenvalue weighted by atomic mass is 32.1. The van der Waals surface area contributed by atoms with Gasteiger partial charge in [0.05, 0.1) is 5.69 Å². The second-order valence-corrected chi connectivity index (χ2v) is 17.3. The molecule has 0 aliphatic heterocycles. The zero-order valence-electron chi connectivity index (χ0n) is 31.4. The van der Waals surface area contributed by atoms with E-state index < -0.39 is 5.41 Å². The van der Waals surface area contributed by atoms with E-state index in [1.807, 2.05) is 11.3 Å². The average Bonchev–Trinajstić information content (AvgIpc) is 3.94. The van der Waals surface area contributed by atoms with E-state index >= 15 is 0 Å². The second-order valence-electron chi connectivity index (χ2n) is 16.2. The molecule has 12 rings (SSSR count). The molecular weight excluding hydrogens is 699 g/mol. The zero-order chi connectivity index (χ0) is 37.3. The van der Waals surface area contributed by atoms with Crippen molar-refractivity contribution in [3.05, 3.63) is 198 Å². The van der Waals surface area contributed by atoms with Crippen LogP contribution in [-0.4, -0.2) is 0 Å². The molecule has 0 saturated heterocycles. The fourth-order valence-corrected chi connectivity index (χ4v) is 11.3. The second kappa shape index (κ2) is 11.3. The average molecular weight is 736 g/mol. The van der Waals surface area contributed by atoms with Gasteiger partial charge in [-0.3, -0.25) is 0 Å². The lowest BCUT2D eigenvalue weighted by molar-refractivity contribution is 0.660. The van der Waals surface area contributed by atoms with Crippen LogP contribution in [0, 0.1) is 0 Å². The van der Waals surface area contributed by atoms with Crippen molar-refractivity contribution in [3.63, 3.8) is 0 Å². The maximum absolute atomic E-state index is 6.72. The summed E-state index contributed by atoms with van der Waals surface area (Å²) >= 11 is 1.87. The Morgan fingerprint density at radius 3 is 1.75 bits per heavy atom. The van der Waals surface area contributed by atoms with E-state index in [4.69, 9.17) is 4.42 Å². The van der Waals surface area contributed by atoms with E-state index in [0.717, 1.165) is 39.0 Å². The van der Waals surface area contributed by atoms with Crippen molar-refractivity contribution in [1.29, 1.82) is 0 Å². The van der Waals surface area contributed by atoms with Crippen molar-refractivity contribution in [1.82, 2.24) is 0 Å². The van der Waals surface area contributed by atoms with E-state index in [-0.39, 0.29) is 5.41 Å². The number of furan rings is 1.